The Labute approximate surface area is 88.8 Å². The maximum Gasteiger partial charge on any atom is 0.00192 e. The molecule has 0 radical (unpaired) electrons. The van der Waals surface area contributed by atoms with Crippen LogP contribution >= 0.6 is 0 Å². The maximum absolute atomic E-state index is 5.63. The van der Waals surface area contributed by atoms with Crippen molar-refractivity contribution in [1.29, 1.82) is 0 Å². The summed E-state index contributed by atoms with van der Waals surface area (Å²) >= 11 is 0. The van der Waals surface area contributed by atoms with Gasteiger partial charge in [-0.1, -0.05) is 20.8 Å². The SMILES string of the molecule is CCCN(CC(C)CN)CC(C)CN. The van der Waals surface area contributed by atoms with E-state index in [0.717, 1.165) is 32.7 Å². The molecule has 0 aromatic carbocycles. The number of nitrogens with zero attached hydrogens (tertiary/aromatic N) is 1. The normalized spacial score (nSPS) is 15.9. The van der Waals surface area contributed by atoms with E-state index in [1.165, 1.54) is 6.42 Å². The topological polar surface area (TPSA) is 55.3 Å². The van der Waals surface area contributed by atoms with Crippen molar-refractivity contribution in [3.05, 3.63) is 0 Å². The first kappa shape index (κ1) is 13.9. The number of hydrogen-bond donors (Lipinski definition) is 2. The number of rotatable bonds is 8. The molecule has 14 heavy (non-hydrogen) atoms. The monoisotopic (exact) mass is 201 g/mol. The predicted octanol–water partition coefficient (Wildman–Crippen LogP) is 0.888. The van der Waals surface area contributed by atoms with Gasteiger partial charge in [-0.3, -0.25) is 0 Å². The van der Waals surface area contributed by atoms with Gasteiger partial charge in [0.05, 0.1) is 0 Å². The third kappa shape index (κ3) is 6.35. The van der Waals surface area contributed by atoms with Crippen LogP contribution in [0.2, 0.25) is 0 Å². The van der Waals surface area contributed by atoms with Gasteiger partial charge in [-0.2, -0.15) is 0 Å². The summed E-state index contributed by atoms with van der Waals surface area (Å²) in [7, 11) is 0. The smallest absolute Gasteiger partial charge is 0.00192 e. The molecule has 0 fully saturated rings. The van der Waals surface area contributed by atoms with Crippen molar-refractivity contribution in [2.24, 2.45) is 23.3 Å². The Kier molecular flexibility index (Phi) is 8.14. The van der Waals surface area contributed by atoms with E-state index in [-0.39, 0.29) is 0 Å². The van der Waals surface area contributed by atoms with Gasteiger partial charge in [0.15, 0.2) is 0 Å². The summed E-state index contributed by atoms with van der Waals surface area (Å²) in [6.45, 7) is 11.5. The predicted molar refractivity (Wildman–Crippen MR) is 63.2 cm³/mol. The van der Waals surface area contributed by atoms with Crippen molar-refractivity contribution in [3.63, 3.8) is 0 Å². The third-order valence-electron chi connectivity index (χ3n) is 2.48. The Bertz CT molecular complexity index is 116. The van der Waals surface area contributed by atoms with Gasteiger partial charge >= 0.3 is 0 Å². The van der Waals surface area contributed by atoms with E-state index in [1.807, 2.05) is 0 Å². The molecule has 0 spiro atoms. The van der Waals surface area contributed by atoms with Crippen LogP contribution in [0.3, 0.4) is 0 Å². The standard InChI is InChI=1S/C11H27N3/c1-4-5-14(8-10(2)6-12)9-11(3)7-13/h10-11H,4-9,12-13H2,1-3H3. The molecule has 0 aliphatic rings. The highest BCUT2D eigenvalue weighted by atomic mass is 15.1. The summed E-state index contributed by atoms with van der Waals surface area (Å²) in [6, 6.07) is 0. The Morgan fingerprint density at radius 3 is 1.71 bits per heavy atom. The second-order valence-electron chi connectivity index (χ2n) is 4.44. The average Bonchev–Trinajstić information content (AvgIpc) is 2.17. The molecule has 0 saturated carbocycles. The van der Waals surface area contributed by atoms with Crippen LogP contribution in [0.4, 0.5) is 0 Å². The van der Waals surface area contributed by atoms with Crippen molar-refractivity contribution in [3.8, 4) is 0 Å². The maximum atomic E-state index is 5.63. The van der Waals surface area contributed by atoms with Crippen molar-refractivity contribution in [2.75, 3.05) is 32.7 Å². The van der Waals surface area contributed by atoms with Crippen molar-refractivity contribution < 1.29 is 0 Å². The van der Waals surface area contributed by atoms with Crippen LogP contribution in [0.5, 0.6) is 0 Å². The van der Waals surface area contributed by atoms with Crippen LogP contribution in [-0.4, -0.2) is 37.6 Å². The lowest BCUT2D eigenvalue weighted by Crippen LogP contribution is -2.37. The molecule has 0 bridgehead atoms. The molecule has 0 saturated heterocycles. The Hall–Kier alpha value is -0.120. The largest absolute Gasteiger partial charge is 0.330 e. The van der Waals surface area contributed by atoms with Gasteiger partial charge in [-0.05, 0) is 37.9 Å². The lowest BCUT2D eigenvalue weighted by Gasteiger charge is -2.27. The van der Waals surface area contributed by atoms with Crippen molar-refractivity contribution in [1.82, 2.24) is 4.90 Å². The zero-order valence-corrected chi connectivity index (χ0v) is 10.00. The fraction of sp³-hybridized carbons (Fsp3) is 1.00. The summed E-state index contributed by atoms with van der Waals surface area (Å²) in [6.07, 6.45) is 1.20. The minimum Gasteiger partial charge on any atom is -0.330 e. The molecule has 2 atom stereocenters. The van der Waals surface area contributed by atoms with Crippen LogP contribution < -0.4 is 11.5 Å². The van der Waals surface area contributed by atoms with E-state index < -0.39 is 0 Å². The molecule has 2 unspecified atom stereocenters. The van der Waals surface area contributed by atoms with Crippen LogP contribution in [0.1, 0.15) is 27.2 Å². The molecule has 0 aromatic heterocycles. The summed E-state index contributed by atoms with van der Waals surface area (Å²) in [5.41, 5.74) is 11.3. The molecule has 3 nitrogen and oxygen atoms in total. The van der Waals surface area contributed by atoms with E-state index in [2.05, 4.69) is 25.7 Å². The van der Waals surface area contributed by atoms with Gasteiger partial charge < -0.3 is 16.4 Å². The van der Waals surface area contributed by atoms with Crippen molar-refractivity contribution in [2.45, 2.75) is 27.2 Å². The average molecular weight is 201 g/mol. The Balaban J connectivity index is 3.88. The number of hydrogen-bond acceptors (Lipinski definition) is 3. The second kappa shape index (κ2) is 8.21. The first-order chi connectivity index (χ1) is 6.63. The van der Waals surface area contributed by atoms with Crippen LogP contribution in [-0.2, 0) is 0 Å². The molecule has 0 aromatic rings. The van der Waals surface area contributed by atoms with Crippen LogP contribution in [0, 0.1) is 11.8 Å². The fourth-order valence-electron chi connectivity index (χ4n) is 1.60. The van der Waals surface area contributed by atoms with Gasteiger partial charge in [-0.15, -0.1) is 0 Å². The summed E-state index contributed by atoms with van der Waals surface area (Å²) in [4.78, 5) is 2.48. The minimum absolute atomic E-state index is 0.589. The van der Waals surface area contributed by atoms with E-state index in [1.54, 1.807) is 0 Å². The quantitative estimate of drug-likeness (QED) is 0.613. The molecule has 86 valence electrons. The third-order valence-corrected chi connectivity index (χ3v) is 2.48. The highest BCUT2D eigenvalue weighted by molar-refractivity contribution is 4.66. The molecule has 0 amide bonds. The van der Waals surface area contributed by atoms with E-state index >= 15 is 0 Å². The number of nitrogens with two attached hydrogens (primary N) is 2. The summed E-state index contributed by atoms with van der Waals surface area (Å²) < 4.78 is 0. The zero-order chi connectivity index (χ0) is 11.0. The summed E-state index contributed by atoms with van der Waals surface area (Å²) in [5, 5.41) is 0. The molecule has 4 N–H and O–H groups in total. The first-order valence-electron chi connectivity index (χ1n) is 5.76. The highest BCUT2D eigenvalue weighted by Gasteiger charge is 2.11. The lowest BCUT2D eigenvalue weighted by atomic mass is 10.1. The molecule has 0 aliphatic carbocycles. The van der Waals surface area contributed by atoms with Crippen LogP contribution in [0.15, 0.2) is 0 Å². The highest BCUT2D eigenvalue weighted by Crippen LogP contribution is 2.03. The Morgan fingerprint density at radius 1 is 1.00 bits per heavy atom. The molecule has 3 heteroatoms. The van der Waals surface area contributed by atoms with E-state index in [0.29, 0.717) is 11.8 Å². The molecular weight excluding hydrogens is 174 g/mol. The molecule has 0 aliphatic heterocycles. The fourth-order valence-corrected chi connectivity index (χ4v) is 1.60. The minimum atomic E-state index is 0.589. The summed E-state index contributed by atoms with van der Waals surface area (Å²) in [5.74, 6) is 1.18. The zero-order valence-electron chi connectivity index (χ0n) is 10.00. The van der Waals surface area contributed by atoms with Crippen molar-refractivity contribution >= 4 is 0 Å². The van der Waals surface area contributed by atoms with Gasteiger partial charge in [0.2, 0.25) is 0 Å². The molecule has 0 heterocycles. The van der Waals surface area contributed by atoms with Gasteiger partial charge in [0.25, 0.3) is 0 Å². The van der Waals surface area contributed by atoms with Crippen LogP contribution in [0.25, 0.3) is 0 Å². The molecule has 0 rings (SSSR count). The first-order valence-corrected chi connectivity index (χ1v) is 5.76. The lowest BCUT2D eigenvalue weighted by molar-refractivity contribution is 0.212. The van der Waals surface area contributed by atoms with E-state index in [4.69, 9.17) is 11.5 Å². The van der Waals surface area contributed by atoms with Gasteiger partial charge in [0, 0.05) is 13.1 Å². The second-order valence-corrected chi connectivity index (χ2v) is 4.44. The van der Waals surface area contributed by atoms with E-state index in [9.17, 15) is 0 Å². The van der Waals surface area contributed by atoms with Gasteiger partial charge in [-0.25, -0.2) is 0 Å². The molecular formula is C11H27N3. The Morgan fingerprint density at radius 2 is 1.43 bits per heavy atom. The van der Waals surface area contributed by atoms with Gasteiger partial charge in [0.1, 0.15) is 0 Å².